The fourth-order valence-corrected chi connectivity index (χ4v) is 3.33. The summed E-state index contributed by atoms with van der Waals surface area (Å²) in [4.78, 5) is 29.1. The summed E-state index contributed by atoms with van der Waals surface area (Å²) < 4.78 is 18.3. The number of benzene rings is 1. The molecule has 8 nitrogen and oxygen atoms in total. The van der Waals surface area contributed by atoms with E-state index in [2.05, 4.69) is 10.3 Å². The molecule has 1 N–H and O–H groups in total. The topological polar surface area (TPSA) is 99.5 Å². The molecule has 3 aromatic heterocycles. The summed E-state index contributed by atoms with van der Waals surface area (Å²) in [6.45, 7) is 2.72. The average molecular weight is 407 g/mol. The second-order valence-corrected chi connectivity index (χ2v) is 6.85. The van der Waals surface area contributed by atoms with E-state index >= 15 is 0 Å². The van der Waals surface area contributed by atoms with Gasteiger partial charge in [0, 0.05) is 42.7 Å². The van der Waals surface area contributed by atoms with E-state index in [1.807, 2.05) is 22.9 Å². The third kappa shape index (κ3) is 3.98. The van der Waals surface area contributed by atoms with E-state index in [1.54, 1.807) is 44.8 Å². The number of amides is 1. The van der Waals surface area contributed by atoms with Crippen LogP contribution in [-0.2, 0) is 17.8 Å². The van der Waals surface area contributed by atoms with Gasteiger partial charge in [0.1, 0.15) is 28.2 Å². The van der Waals surface area contributed by atoms with Crippen LogP contribution in [0, 0.1) is 6.92 Å². The van der Waals surface area contributed by atoms with Crippen LogP contribution in [0.15, 0.2) is 62.7 Å². The third-order valence-corrected chi connectivity index (χ3v) is 4.77. The number of aryl methyl sites for hydroxylation is 1. The Hall–Kier alpha value is -3.81. The molecular formula is C22H21N3O5. The van der Waals surface area contributed by atoms with Crippen molar-refractivity contribution in [3.8, 4) is 17.1 Å². The Morgan fingerprint density at radius 2 is 2.03 bits per heavy atom. The van der Waals surface area contributed by atoms with E-state index in [0.29, 0.717) is 41.5 Å². The van der Waals surface area contributed by atoms with Gasteiger partial charge in [-0.25, -0.2) is 9.78 Å². The van der Waals surface area contributed by atoms with Gasteiger partial charge in [-0.1, -0.05) is 0 Å². The number of furan rings is 1. The van der Waals surface area contributed by atoms with Crippen LogP contribution >= 0.6 is 0 Å². The summed E-state index contributed by atoms with van der Waals surface area (Å²) in [5.74, 6) is 1.39. The molecule has 4 rings (SSSR count). The summed E-state index contributed by atoms with van der Waals surface area (Å²) in [7, 11) is 1.59. The Morgan fingerprint density at radius 1 is 1.23 bits per heavy atom. The molecule has 1 amide bonds. The predicted octanol–water partition coefficient (Wildman–Crippen LogP) is 2.93. The van der Waals surface area contributed by atoms with Gasteiger partial charge in [-0.2, -0.15) is 0 Å². The highest BCUT2D eigenvalue weighted by atomic mass is 16.5. The molecule has 0 saturated carbocycles. The van der Waals surface area contributed by atoms with Gasteiger partial charge in [-0.3, -0.25) is 4.79 Å². The SMILES string of the molecule is COc1ccc(-c2oc3cc(C)oc(=O)c3c2CC(=O)NCCn2ccnc2)cc1. The molecule has 154 valence electrons. The molecule has 0 saturated heterocycles. The van der Waals surface area contributed by atoms with Crippen LogP contribution in [0.25, 0.3) is 22.3 Å². The molecule has 3 heterocycles. The molecule has 0 unspecified atom stereocenters. The minimum absolute atomic E-state index is 0.00783. The van der Waals surface area contributed by atoms with Crippen molar-refractivity contribution in [1.29, 1.82) is 0 Å². The number of hydrogen-bond donors (Lipinski definition) is 1. The lowest BCUT2D eigenvalue weighted by Crippen LogP contribution is -2.28. The fraction of sp³-hybridized carbons (Fsp3) is 0.227. The molecule has 0 aliphatic carbocycles. The van der Waals surface area contributed by atoms with Gasteiger partial charge in [-0.15, -0.1) is 0 Å². The Bertz CT molecular complexity index is 1220. The lowest BCUT2D eigenvalue weighted by molar-refractivity contribution is -0.120. The molecule has 8 heteroatoms. The van der Waals surface area contributed by atoms with Crippen LogP contribution in [-0.4, -0.2) is 29.1 Å². The molecule has 0 atom stereocenters. The van der Waals surface area contributed by atoms with Crippen LogP contribution in [0.2, 0.25) is 0 Å². The van der Waals surface area contributed by atoms with E-state index in [4.69, 9.17) is 13.6 Å². The fourth-order valence-electron chi connectivity index (χ4n) is 3.33. The van der Waals surface area contributed by atoms with Crippen molar-refractivity contribution in [3.63, 3.8) is 0 Å². The summed E-state index contributed by atoms with van der Waals surface area (Å²) in [5, 5.41) is 3.16. The summed E-state index contributed by atoms with van der Waals surface area (Å²) in [6.07, 6.45) is 5.18. The Balaban J connectivity index is 1.65. The van der Waals surface area contributed by atoms with Gasteiger partial charge in [0.15, 0.2) is 0 Å². The number of carbonyl (C=O) groups is 1. The number of methoxy groups -OCH3 is 1. The monoisotopic (exact) mass is 407 g/mol. The number of rotatable bonds is 7. The van der Waals surface area contributed by atoms with E-state index < -0.39 is 5.63 Å². The second kappa shape index (κ2) is 8.28. The molecule has 0 bridgehead atoms. The zero-order chi connectivity index (χ0) is 21.1. The Labute approximate surface area is 172 Å². The molecule has 0 aliphatic rings. The van der Waals surface area contributed by atoms with Gasteiger partial charge < -0.3 is 23.5 Å². The molecule has 1 aromatic carbocycles. The first kappa shape index (κ1) is 19.5. The van der Waals surface area contributed by atoms with Crippen molar-refractivity contribution < 1.29 is 18.4 Å². The molecule has 0 fully saturated rings. The third-order valence-electron chi connectivity index (χ3n) is 4.77. The summed E-state index contributed by atoms with van der Waals surface area (Å²) in [6, 6.07) is 8.90. The van der Waals surface area contributed by atoms with E-state index in [1.165, 1.54) is 0 Å². The number of ether oxygens (including phenoxy) is 1. The van der Waals surface area contributed by atoms with Gasteiger partial charge in [0.25, 0.3) is 0 Å². The van der Waals surface area contributed by atoms with Crippen molar-refractivity contribution in [3.05, 3.63) is 70.8 Å². The number of nitrogens with zero attached hydrogens (tertiary/aromatic N) is 2. The van der Waals surface area contributed by atoms with E-state index in [9.17, 15) is 9.59 Å². The van der Waals surface area contributed by atoms with Crippen molar-refractivity contribution in [2.24, 2.45) is 0 Å². The minimum Gasteiger partial charge on any atom is -0.497 e. The first-order chi connectivity index (χ1) is 14.5. The van der Waals surface area contributed by atoms with Gasteiger partial charge >= 0.3 is 5.63 Å². The smallest absolute Gasteiger partial charge is 0.347 e. The molecular weight excluding hydrogens is 386 g/mol. The standard InChI is InChI=1S/C22H21N3O5/c1-14-11-18-20(22(27)29-14)17(12-19(26)24-8-10-25-9-7-23-13-25)21(30-18)15-3-5-16(28-2)6-4-15/h3-7,9,11,13H,8,10,12H2,1-2H3,(H,24,26). The number of fused-ring (bicyclic) bond motifs is 1. The zero-order valence-corrected chi connectivity index (χ0v) is 16.7. The highest BCUT2D eigenvalue weighted by molar-refractivity contribution is 5.92. The van der Waals surface area contributed by atoms with Gasteiger partial charge in [0.05, 0.1) is 19.9 Å². The van der Waals surface area contributed by atoms with Crippen molar-refractivity contribution >= 4 is 16.9 Å². The molecule has 0 radical (unpaired) electrons. The minimum atomic E-state index is -0.519. The summed E-state index contributed by atoms with van der Waals surface area (Å²) >= 11 is 0. The number of nitrogens with one attached hydrogen (secondary N) is 1. The highest BCUT2D eigenvalue weighted by Crippen LogP contribution is 2.33. The Morgan fingerprint density at radius 3 is 2.73 bits per heavy atom. The zero-order valence-electron chi connectivity index (χ0n) is 16.7. The van der Waals surface area contributed by atoms with Crippen LogP contribution in [0.1, 0.15) is 11.3 Å². The maximum atomic E-state index is 12.6. The lowest BCUT2D eigenvalue weighted by Gasteiger charge is -2.07. The lowest BCUT2D eigenvalue weighted by atomic mass is 10.0. The maximum absolute atomic E-state index is 12.6. The number of carbonyl (C=O) groups excluding carboxylic acids is 1. The maximum Gasteiger partial charge on any atom is 0.347 e. The van der Waals surface area contributed by atoms with Crippen LogP contribution in [0.4, 0.5) is 0 Å². The average Bonchev–Trinajstić information content (AvgIpc) is 3.36. The second-order valence-electron chi connectivity index (χ2n) is 6.85. The molecule has 4 aromatic rings. The molecule has 30 heavy (non-hydrogen) atoms. The first-order valence-corrected chi connectivity index (χ1v) is 9.48. The summed E-state index contributed by atoms with van der Waals surface area (Å²) in [5.41, 5.74) is 1.12. The van der Waals surface area contributed by atoms with Gasteiger partial charge in [-0.05, 0) is 31.2 Å². The first-order valence-electron chi connectivity index (χ1n) is 9.48. The van der Waals surface area contributed by atoms with Gasteiger partial charge in [0.2, 0.25) is 5.91 Å². The molecule has 0 spiro atoms. The van der Waals surface area contributed by atoms with E-state index in [0.717, 1.165) is 5.56 Å². The van der Waals surface area contributed by atoms with Crippen LogP contribution in [0.3, 0.4) is 0 Å². The quantitative estimate of drug-likeness (QED) is 0.506. The van der Waals surface area contributed by atoms with E-state index in [-0.39, 0.29) is 17.7 Å². The molecule has 0 aliphatic heterocycles. The number of hydrogen-bond acceptors (Lipinski definition) is 6. The largest absolute Gasteiger partial charge is 0.497 e. The highest BCUT2D eigenvalue weighted by Gasteiger charge is 2.22. The van der Waals surface area contributed by atoms with Crippen molar-refractivity contribution in [1.82, 2.24) is 14.9 Å². The van der Waals surface area contributed by atoms with Crippen molar-refractivity contribution in [2.45, 2.75) is 19.9 Å². The number of aromatic nitrogens is 2. The van der Waals surface area contributed by atoms with Crippen LogP contribution < -0.4 is 15.7 Å². The van der Waals surface area contributed by atoms with Crippen LogP contribution in [0.5, 0.6) is 5.75 Å². The number of imidazole rings is 1. The predicted molar refractivity (Wildman–Crippen MR) is 110 cm³/mol. The normalized spacial score (nSPS) is 11.0. The Kier molecular flexibility index (Phi) is 5.38. The van der Waals surface area contributed by atoms with Crippen molar-refractivity contribution in [2.75, 3.05) is 13.7 Å².